The molecule has 4 nitrogen and oxygen atoms in total. The molecule has 1 aromatic heterocycles. The minimum absolute atomic E-state index is 0.0751. The van der Waals surface area contributed by atoms with E-state index in [1.165, 1.54) is 30.6 Å². The summed E-state index contributed by atoms with van der Waals surface area (Å²) in [5.74, 6) is -1.05. The fourth-order valence-corrected chi connectivity index (χ4v) is 2.31. The summed E-state index contributed by atoms with van der Waals surface area (Å²) in [4.78, 5) is 15.8. The molecule has 19 heavy (non-hydrogen) atoms. The number of carbonyl (C=O) groups excluding carboxylic acids is 1. The molecule has 1 atom stereocenters. The van der Waals surface area contributed by atoms with Gasteiger partial charge in [0.2, 0.25) is 0 Å². The Morgan fingerprint density at radius 2 is 2.32 bits per heavy atom. The minimum atomic E-state index is -0.576. The molecule has 0 fully saturated rings. The lowest BCUT2D eigenvalue weighted by Gasteiger charge is -2.15. The molecule has 0 saturated carbocycles. The molecular formula is C13H13FN2O2S. The Bertz CT molecular complexity index is 572. The van der Waals surface area contributed by atoms with E-state index in [1.54, 1.807) is 6.20 Å². The van der Waals surface area contributed by atoms with Gasteiger partial charge in [0, 0.05) is 17.3 Å². The number of benzene rings is 1. The van der Waals surface area contributed by atoms with E-state index in [4.69, 9.17) is 0 Å². The molecule has 0 aliphatic heterocycles. The second kappa shape index (κ2) is 5.79. The summed E-state index contributed by atoms with van der Waals surface area (Å²) in [5.41, 5.74) is 0.696. The summed E-state index contributed by atoms with van der Waals surface area (Å²) in [7, 11) is 1.27. The van der Waals surface area contributed by atoms with E-state index in [9.17, 15) is 9.18 Å². The van der Waals surface area contributed by atoms with Crippen molar-refractivity contribution in [3.8, 4) is 0 Å². The number of nitrogens with one attached hydrogen (secondary N) is 1. The van der Waals surface area contributed by atoms with Crippen LogP contribution in [0.3, 0.4) is 0 Å². The number of hydrogen-bond acceptors (Lipinski definition) is 5. The van der Waals surface area contributed by atoms with Gasteiger partial charge in [0.05, 0.1) is 18.7 Å². The van der Waals surface area contributed by atoms with Gasteiger partial charge < -0.3 is 10.1 Å². The smallest absolute Gasteiger partial charge is 0.340 e. The zero-order chi connectivity index (χ0) is 13.8. The Morgan fingerprint density at radius 3 is 2.95 bits per heavy atom. The molecule has 100 valence electrons. The lowest BCUT2D eigenvalue weighted by molar-refractivity contribution is 0.0601. The van der Waals surface area contributed by atoms with E-state index >= 15 is 0 Å². The van der Waals surface area contributed by atoms with Gasteiger partial charge >= 0.3 is 5.97 Å². The van der Waals surface area contributed by atoms with Gasteiger partial charge in [-0.25, -0.2) is 14.2 Å². The maximum Gasteiger partial charge on any atom is 0.340 e. The number of aromatic nitrogens is 1. The minimum Gasteiger partial charge on any atom is -0.465 e. The number of anilines is 1. The van der Waals surface area contributed by atoms with Crippen LogP contribution in [0.2, 0.25) is 0 Å². The Kier molecular flexibility index (Phi) is 4.11. The second-order valence-electron chi connectivity index (χ2n) is 3.92. The van der Waals surface area contributed by atoms with Crippen molar-refractivity contribution >= 4 is 23.0 Å². The molecule has 1 N–H and O–H groups in total. The SMILES string of the molecule is COC(=O)c1cc(F)ccc1NC(C)c1nccs1. The van der Waals surface area contributed by atoms with E-state index < -0.39 is 11.8 Å². The molecule has 1 aromatic carbocycles. The summed E-state index contributed by atoms with van der Waals surface area (Å²) < 4.78 is 17.9. The van der Waals surface area contributed by atoms with Crippen molar-refractivity contribution < 1.29 is 13.9 Å². The first-order chi connectivity index (χ1) is 9.11. The van der Waals surface area contributed by atoms with E-state index in [0.717, 1.165) is 11.1 Å². The van der Waals surface area contributed by atoms with Crippen LogP contribution in [0.15, 0.2) is 29.8 Å². The number of nitrogens with zero attached hydrogens (tertiary/aromatic N) is 1. The largest absolute Gasteiger partial charge is 0.465 e. The average molecular weight is 280 g/mol. The zero-order valence-electron chi connectivity index (χ0n) is 10.5. The van der Waals surface area contributed by atoms with Gasteiger partial charge in [0.1, 0.15) is 10.8 Å². The fraction of sp³-hybridized carbons (Fsp3) is 0.231. The molecule has 0 radical (unpaired) electrons. The standard InChI is InChI=1S/C13H13FN2O2S/c1-8(12-15-5-6-19-12)16-11-4-3-9(14)7-10(11)13(17)18-2/h3-8,16H,1-2H3. The Labute approximate surface area is 114 Å². The first kappa shape index (κ1) is 13.5. The van der Waals surface area contributed by atoms with Gasteiger partial charge in [-0.3, -0.25) is 0 Å². The summed E-state index contributed by atoms with van der Waals surface area (Å²) in [5, 5.41) is 5.90. The number of ether oxygens (including phenoxy) is 1. The lowest BCUT2D eigenvalue weighted by atomic mass is 10.1. The van der Waals surface area contributed by atoms with Gasteiger partial charge in [-0.05, 0) is 25.1 Å². The third-order valence-electron chi connectivity index (χ3n) is 2.58. The third-order valence-corrected chi connectivity index (χ3v) is 3.54. The fourth-order valence-electron chi connectivity index (χ4n) is 1.66. The predicted octanol–water partition coefficient (Wildman–Crippen LogP) is 3.24. The molecule has 6 heteroatoms. The van der Waals surface area contributed by atoms with Gasteiger partial charge in [-0.15, -0.1) is 11.3 Å². The van der Waals surface area contributed by atoms with Crippen LogP contribution in [0.4, 0.5) is 10.1 Å². The quantitative estimate of drug-likeness (QED) is 0.873. The monoisotopic (exact) mass is 280 g/mol. The number of thiazole rings is 1. The van der Waals surface area contributed by atoms with Crippen LogP contribution < -0.4 is 5.32 Å². The first-order valence-corrected chi connectivity index (χ1v) is 6.53. The number of halogens is 1. The summed E-state index contributed by atoms with van der Waals surface area (Å²) in [6.07, 6.45) is 1.71. The number of hydrogen-bond donors (Lipinski definition) is 1. The van der Waals surface area contributed by atoms with Crippen molar-refractivity contribution in [3.05, 3.63) is 46.2 Å². The predicted molar refractivity (Wildman–Crippen MR) is 71.9 cm³/mol. The van der Waals surface area contributed by atoms with Crippen LogP contribution in [-0.4, -0.2) is 18.1 Å². The van der Waals surface area contributed by atoms with Crippen LogP contribution in [-0.2, 0) is 4.74 Å². The molecule has 0 saturated heterocycles. The molecule has 1 heterocycles. The molecule has 0 aliphatic carbocycles. The van der Waals surface area contributed by atoms with Crippen molar-refractivity contribution in [3.63, 3.8) is 0 Å². The molecule has 0 aliphatic rings. The van der Waals surface area contributed by atoms with Crippen LogP contribution in [0.1, 0.15) is 28.3 Å². The molecule has 0 bridgehead atoms. The highest BCUT2D eigenvalue weighted by molar-refractivity contribution is 7.09. The molecule has 2 aromatic rings. The van der Waals surface area contributed by atoms with Crippen molar-refractivity contribution in [2.24, 2.45) is 0 Å². The molecular weight excluding hydrogens is 267 g/mol. The average Bonchev–Trinajstić information content (AvgIpc) is 2.94. The number of esters is 1. The van der Waals surface area contributed by atoms with Gasteiger partial charge in [-0.1, -0.05) is 0 Å². The molecule has 2 rings (SSSR count). The topological polar surface area (TPSA) is 51.2 Å². The highest BCUT2D eigenvalue weighted by Gasteiger charge is 2.16. The second-order valence-corrected chi connectivity index (χ2v) is 4.84. The van der Waals surface area contributed by atoms with E-state index in [0.29, 0.717) is 5.69 Å². The van der Waals surface area contributed by atoms with E-state index in [1.807, 2.05) is 12.3 Å². The summed E-state index contributed by atoms with van der Waals surface area (Å²) in [6, 6.07) is 3.89. The first-order valence-electron chi connectivity index (χ1n) is 5.65. The van der Waals surface area contributed by atoms with Gasteiger partial charge in [0.25, 0.3) is 0 Å². The van der Waals surface area contributed by atoms with E-state index in [2.05, 4.69) is 15.0 Å². The summed E-state index contributed by atoms with van der Waals surface area (Å²) >= 11 is 1.51. The van der Waals surface area contributed by atoms with Crippen molar-refractivity contribution in [2.75, 3.05) is 12.4 Å². The maximum atomic E-state index is 13.2. The molecule has 1 unspecified atom stereocenters. The van der Waals surface area contributed by atoms with Crippen LogP contribution in [0.5, 0.6) is 0 Å². The normalized spacial score (nSPS) is 11.9. The lowest BCUT2D eigenvalue weighted by Crippen LogP contribution is -2.12. The Balaban J connectivity index is 2.27. The number of carbonyl (C=O) groups is 1. The van der Waals surface area contributed by atoms with Crippen molar-refractivity contribution in [1.82, 2.24) is 4.98 Å². The maximum absolute atomic E-state index is 13.2. The third kappa shape index (κ3) is 3.08. The summed E-state index contributed by atoms with van der Waals surface area (Å²) in [6.45, 7) is 1.92. The van der Waals surface area contributed by atoms with Gasteiger partial charge in [-0.2, -0.15) is 0 Å². The molecule has 0 spiro atoms. The Morgan fingerprint density at radius 1 is 1.53 bits per heavy atom. The highest BCUT2D eigenvalue weighted by Crippen LogP contribution is 2.24. The number of methoxy groups -OCH3 is 1. The van der Waals surface area contributed by atoms with E-state index in [-0.39, 0.29) is 11.6 Å². The van der Waals surface area contributed by atoms with Crippen LogP contribution in [0.25, 0.3) is 0 Å². The number of rotatable bonds is 4. The highest BCUT2D eigenvalue weighted by atomic mass is 32.1. The van der Waals surface area contributed by atoms with Crippen molar-refractivity contribution in [1.29, 1.82) is 0 Å². The Hall–Kier alpha value is -1.95. The van der Waals surface area contributed by atoms with Crippen LogP contribution in [0, 0.1) is 5.82 Å². The zero-order valence-corrected chi connectivity index (χ0v) is 11.3. The van der Waals surface area contributed by atoms with Crippen LogP contribution >= 0.6 is 11.3 Å². The molecule has 0 amide bonds. The van der Waals surface area contributed by atoms with Crippen molar-refractivity contribution in [2.45, 2.75) is 13.0 Å². The van der Waals surface area contributed by atoms with Gasteiger partial charge in [0.15, 0.2) is 0 Å².